The van der Waals surface area contributed by atoms with Crippen LogP contribution in [0.15, 0.2) is 30.3 Å². The Morgan fingerprint density at radius 1 is 1.21 bits per heavy atom. The fourth-order valence-electron chi connectivity index (χ4n) is 2.39. The van der Waals surface area contributed by atoms with Gasteiger partial charge in [-0.3, -0.25) is 4.79 Å². The molecule has 0 unspecified atom stereocenters. The molecule has 0 N–H and O–H groups in total. The number of esters is 1. The predicted octanol–water partition coefficient (Wildman–Crippen LogP) is 4.38. The maximum Gasteiger partial charge on any atom is 0.302 e. The second-order valence-corrected chi connectivity index (χ2v) is 5.31. The van der Waals surface area contributed by atoms with Crippen LogP contribution in [-0.2, 0) is 16.0 Å². The smallest absolute Gasteiger partial charge is 0.302 e. The highest BCUT2D eigenvalue weighted by Crippen LogP contribution is 2.20. The Balaban J connectivity index is 2.54. The highest BCUT2D eigenvalue weighted by atomic mass is 16.5. The molecule has 0 heterocycles. The molecule has 0 spiro atoms. The molecule has 2 heteroatoms. The van der Waals surface area contributed by atoms with E-state index in [1.165, 1.54) is 25.3 Å². The van der Waals surface area contributed by atoms with E-state index in [4.69, 9.17) is 4.74 Å². The lowest BCUT2D eigenvalue weighted by Crippen LogP contribution is -2.25. The van der Waals surface area contributed by atoms with Crippen LogP contribution in [-0.4, -0.2) is 12.1 Å². The molecule has 106 valence electrons. The van der Waals surface area contributed by atoms with Gasteiger partial charge in [0, 0.05) is 6.92 Å². The Labute approximate surface area is 117 Å². The number of hydrogen-bond donors (Lipinski definition) is 0. The molecular formula is C17H26O2. The summed E-state index contributed by atoms with van der Waals surface area (Å²) in [6, 6.07) is 10.4. The van der Waals surface area contributed by atoms with E-state index < -0.39 is 0 Å². The molecule has 1 rings (SSSR count). The maximum atomic E-state index is 11.2. The molecule has 0 fully saturated rings. The summed E-state index contributed by atoms with van der Waals surface area (Å²) in [5.41, 5.74) is 1.31. The number of carbonyl (C=O) groups excluding carboxylic acids is 1. The van der Waals surface area contributed by atoms with Crippen LogP contribution in [0.3, 0.4) is 0 Å². The summed E-state index contributed by atoms with van der Waals surface area (Å²) in [5, 5.41) is 0. The Morgan fingerprint density at radius 3 is 2.47 bits per heavy atom. The second kappa shape index (κ2) is 8.73. The molecule has 0 aliphatic carbocycles. The highest BCUT2D eigenvalue weighted by Gasteiger charge is 2.20. The number of rotatable bonds is 8. The molecule has 0 radical (unpaired) electrons. The van der Waals surface area contributed by atoms with Gasteiger partial charge in [-0.1, -0.05) is 57.0 Å². The van der Waals surface area contributed by atoms with Crippen molar-refractivity contribution in [3.8, 4) is 0 Å². The van der Waals surface area contributed by atoms with Crippen LogP contribution < -0.4 is 0 Å². The first-order valence-corrected chi connectivity index (χ1v) is 7.34. The number of unbranched alkanes of at least 4 members (excludes halogenated alkanes) is 2. The van der Waals surface area contributed by atoms with Gasteiger partial charge < -0.3 is 4.74 Å². The van der Waals surface area contributed by atoms with Crippen molar-refractivity contribution in [1.29, 1.82) is 0 Å². The Hall–Kier alpha value is -1.31. The summed E-state index contributed by atoms with van der Waals surface area (Å²) >= 11 is 0. The summed E-state index contributed by atoms with van der Waals surface area (Å²) in [6.07, 6.45) is 5.51. The van der Waals surface area contributed by atoms with Crippen molar-refractivity contribution in [3.05, 3.63) is 35.9 Å². The molecular weight excluding hydrogens is 236 g/mol. The van der Waals surface area contributed by atoms with Crippen LogP contribution in [0, 0.1) is 5.92 Å². The molecule has 0 saturated heterocycles. The third-order valence-corrected chi connectivity index (χ3v) is 3.44. The fourth-order valence-corrected chi connectivity index (χ4v) is 2.39. The average Bonchev–Trinajstić information content (AvgIpc) is 2.38. The third kappa shape index (κ3) is 6.42. The van der Waals surface area contributed by atoms with E-state index in [9.17, 15) is 4.79 Å². The molecule has 2 atom stereocenters. The van der Waals surface area contributed by atoms with Gasteiger partial charge in [0.15, 0.2) is 0 Å². The van der Waals surface area contributed by atoms with Gasteiger partial charge in [0.05, 0.1) is 0 Å². The van der Waals surface area contributed by atoms with Gasteiger partial charge in [-0.15, -0.1) is 0 Å². The average molecular weight is 262 g/mol. The first-order valence-electron chi connectivity index (χ1n) is 7.34. The van der Waals surface area contributed by atoms with E-state index >= 15 is 0 Å². The molecule has 0 aromatic heterocycles. The van der Waals surface area contributed by atoms with Crippen LogP contribution in [0.2, 0.25) is 0 Å². The lowest BCUT2D eigenvalue weighted by molar-refractivity contribution is -0.149. The van der Waals surface area contributed by atoms with Crippen molar-refractivity contribution >= 4 is 5.97 Å². The highest BCUT2D eigenvalue weighted by molar-refractivity contribution is 5.66. The maximum absolute atomic E-state index is 11.2. The van der Waals surface area contributed by atoms with E-state index in [-0.39, 0.29) is 12.1 Å². The summed E-state index contributed by atoms with van der Waals surface area (Å²) in [7, 11) is 0. The topological polar surface area (TPSA) is 26.3 Å². The predicted molar refractivity (Wildman–Crippen MR) is 79.0 cm³/mol. The van der Waals surface area contributed by atoms with E-state index in [0.29, 0.717) is 5.92 Å². The monoisotopic (exact) mass is 262 g/mol. The van der Waals surface area contributed by atoms with Gasteiger partial charge >= 0.3 is 5.97 Å². The quantitative estimate of drug-likeness (QED) is 0.513. The third-order valence-electron chi connectivity index (χ3n) is 3.44. The van der Waals surface area contributed by atoms with E-state index in [1.807, 2.05) is 6.07 Å². The van der Waals surface area contributed by atoms with Crippen molar-refractivity contribution in [1.82, 2.24) is 0 Å². The zero-order valence-corrected chi connectivity index (χ0v) is 12.4. The summed E-state index contributed by atoms with van der Waals surface area (Å²) < 4.78 is 5.49. The minimum absolute atomic E-state index is 0.0456. The van der Waals surface area contributed by atoms with Crippen molar-refractivity contribution in [2.75, 3.05) is 0 Å². The lowest BCUT2D eigenvalue weighted by Gasteiger charge is -2.24. The Morgan fingerprint density at radius 2 is 1.89 bits per heavy atom. The van der Waals surface area contributed by atoms with Gasteiger partial charge in [-0.05, 0) is 30.7 Å². The largest absolute Gasteiger partial charge is 0.462 e. The van der Waals surface area contributed by atoms with Gasteiger partial charge in [0.1, 0.15) is 6.10 Å². The van der Waals surface area contributed by atoms with Crippen LogP contribution in [0.1, 0.15) is 52.0 Å². The molecule has 0 bridgehead atoms. The zero-order valence-electron chi connectivity index (χ0n) is 12.4. The minimum atomic E-state index is -0.165. The van der Waals surface area contributed by atoms with Crippen molar-refractivity contribution < 1.29 is 9.53 Å². The number of hydrogen-bond acceptors (Lipinski definition) is 2. The molecule has 0 aliphatic rings. The molecule has 0 saturated carbocycles. The Kier molecular flexibility index (Phi) is 7.24. The second-order valence-electron chi connectivity index (χ2n) is 5.31. The van der Waals surface area contributed by atoms with Crippen molar-refractivity contribution in [3.63, 3.8) is 0 Å². The molecule has 2 nitrogen and oxygen atoms in total. The standard InChI is InChI=1S/C17H26O2/c1-4-5-7-12-17(19-15(3)18)14(2)13-16-10-8-6-9-11-16/h6,8-11,14,17H,4-5,7,12-13H2,1-3H3/t14-,17-/m0/s1. The van der Waals surface area contributed by atoms with Gasteiger partial charge in [0.2, 0.25) is 0 Å². The summed E-state index contributed by atoms with van der Waals surface area (Å²) in [4.78, 5) is 11.2. The summed E-state index contributed by atoms with van der Waals surface area (Å²) in [6.45, 7) is 5.86. The van der Waals surface area contributed by atoms with Crippen LogP contribution in [0.4, 0.5) is 0 Å². The molecule has 1 aromatic carbocycles. The van der Waals surface area contributed by atoms with Gasteiger partial charge in [-0.2, -0.15) is 0 Å². The number of benzene rings is 1. The first kappa shape index (κ1) is 15.7. The van der Waals surface area contributed by atoms with Crippen molar-refractivity contribution in [2.45, 2.75) is 59.0 Å². The van der Waals surface area contributed by atoms with E-state index in [0.717, 1.165) is 19.3 Å². The summed E-state index contributed by atoms with van der Waals surface area (Å²) in [5.74, 6) is 0.199. The molecule has 0 aliphatic heterocycles. The van der Waals surface area contributed by atoms with Gasteiger partial charge in [-0.25, -0.2) is 0 Å². The normalized spacial score (nSPS) is 13.8. The fraction of sp³-hybridized carbons (Fsp3) is 0.588. The molecule has 19 heavy (non-hydrogen) atoms. The van der Waals surface area contributed by atoms with Crippen LogP contribution in [0.5, 0.6) is 0 Å². The lowest BCUT2D eigenvalue weighted by atomic mass is 9.92. The van der Waals surface area contributed by atoms with E-state index in [1.54, 1.807) is 0 Å². The Bertz CT molecular complexity index is 359. The van der Waals surface area contributed by atoms with Crippen LogP contribution >= 0.6 is 0 Å². The number of ether oxygens (including phenoxy) is 1. The molecule has 0 amide bonds. The SMILES string of the molecule is CCCCC[C@H](OC(C)=O)[C@@H](C)Cc1ccccc1. The van der Waals surface area contributed by atoms with Gasteiger partial charge in [0.25, 0.3) is 0 Å². The first-order chi connectivity index (χ1) is 9.13. The zero-order chi connectivity index (χ0) is 14.1. The minimum Gasteiger partial charge on any atom is -0.462 e. The van der Waals surface area contributed by atoms with E-state index in [2.05, 4.69) is 38.1 Å². The van der Waals surface area contributed by atoms with Crippen LogP contribution in [0.25, 0.3) is 0 Å². The molecule has 1 aromatic rings. The number of carbonyl (C=O) groups is 1. The van der Waals surface area contributed by atoms with Crippen molar-refractivity contribution in [2.24, 2.45) is 5.92 Å².